The number of aliphatic hydroxyl groups is 2. The van der Waals surface area contributed by atoms with Crippen LogP contribution in [0.4, 0.5) is 4.79 Å². The van der Waals surface area contributed by atoms with E-state index >= 15 is 0 Å². The van der Waals surface area contributed by atoms with Crippen LogP contribution in [-0.2, 0) is 14.3 Å². The molecule has 0 spiro atoms. The summed E-state index contributed by atoms with van der Waals surface area (Å²) in [5.41, 5.74) is -0.510. The Labute approximate surface area is 194 Å². The minimum absolute atomic E-state index is 0.103. The van der Waals surface area contributed by atoms with Crippen molar-refractivity contribution in [2.75, 3.05) is 19.8 Å². The number of carbonyl (C=O) groups is 3. The summed E-state index contributed by atoms with van der Waals surface area (Å²) in [5, 5.41) is 34.5. The van der Waals surface area contributed by atoms with Crippen molar-refractivity contribution in [1.82, 2.24) is 15.5 Å². The molecular weight excluding hydrogens is 430 g/mol. The molecule has 1 aromatic carbocycles. The van der Waals surface area contributed by atoms with Gasteiger partial charge >= 0.3 is 6.09 Å². The van der Waals surface area contributed by atoms with E-state index in [-0.39, 0.29) is 18.3 Å². The van der Waals surface area contributed by atoms with Gasteiger partial charge in [-0.25, -0.2) is 4.79 Å². The third kappa shape index (κ3) is 9.27. The molecule has 33 heavy (non-hydrogen) atoms. The van der Waals surface area contributed by atoms with Crippen LogP contribution < -0.4 is 10.6 Å². The molecule has 0 saturated carbocycles. The first kappa shape index (κ1) is 28.2. The van der Waals surface area contributed by atoms with Crippen molar-refractivity contribution in [2.24, 2.45) is 0 Å². The molecule has 0 radical (unpaired) electrons. The Bertz CT molecular complexity index is 795. The Balaban J connectivity index is 3.31. The highest BCUT2D eigenvalue weighted by Crippen LogP contribution is 2.25. The number of carbonyl (C=O) groups excluding carboxylic acids is 3. The first-order valence-corrected chi connectivity index (χ1v) is 11.0. The monoisotopic (exact) mass is 467 g/mol. The largest absolute Gasteiger partial charge is 0.508 e. The summed E-state index contributed by atoms with van der Waals surface area (Å²) < 4.78 is 5.15. The van der Waals surface area contributed by atoms with Gasteiger partial charge in [0.2, 0.25) is 11.8 Å². The minimum Gasteiger partial charge on any atom is -0.508 e. The average molecular weight is 468 g/mol. The number of alkyl carbamates (subject to hydrolysis) is 1. The Morgan fingerprint density at radius 2 is 1.82 bits per heavy atom. The van der Waals surface area contributed by atoms with Gasteiger partial charge in [0.25, 0.3) is 0 Å². The van der Waals surface area contributed by atoms with Gasteiger partial charge in [0.1, 0.15) is 23.4 Å². The first-order valence-electron chi connectivity index (χ1n) is 11.0. The van der Waals surface area contributed by atoms with Crippen molar-refractivity contribution in [2.45, 2.75) is 71.2 Å². The number of aliphatic hydroxyl groups excluding tert-OH is 2. The number of nitrogens with one attached hydrogen (secondary N) is 2. The van der Waals surface area contributed by atoms with Crippen molar-refractivity contribution in [3.8, 4) is 5.75 Å². The zero-order chi connectivity index (χ0) is 25.2. The number of ether oxygens (including phenoxy) is 1. The average Bonchev–Trinajstić information content (AvgIpc) is 2.70. The maximum Gasteiger partial charge on any atom is 0.408 e. The van der Waals surface area contributed by atoms with E-state index < -0.39 is 48.8 Å². The van der Waals surface area contributed by atoms with E-state index in [1.165, 1.54) is 18.2 Å². The van der Waals surface area contributed by atoms with Crippen LogP contribution in [0.5, 0.6) is 5.75 Å². The standard InChI is InChI=1S/C23H37N3O7/c1-6-8-15(2)24-20(30)19(16-9-7-10-17(29)13-16)26(11-12-27)21(31)18(14-28)25-22(32)33-23(3,4)5/h7,9-10,13,15,18-19,27-29H,6,8,11-12,14H2,1-5H3,(H,24,30)(H,25,32). The van der Waals surface area contributed by atoms with Crippen LogP contribution in [0.3, 0.4) is 0 Å². The summed E-state index contributed by atoms with van der Waals surface area (Å²) in [7, 11) is 0. The van der Waals surface area contributed by atoms with Gasteiger partial charge in [-0.1, -0.05) is 25.5 Å². The fraction of sp³-hybridized carbons (Fsp3) is 0.609. The second kappa shape index (κ2) is 13.0. The molecule has 3 unspecified atom stereocenters. The molecule has 0 bridgehead atoms. The van der Waals surface area contributed by atoms with Gasteiger partial charge in [-0.3, -0.25) is 9.59 Å². The fourth-order valence-corrected chi connectivity index (χ4v) is 3.30. The number of hydrogen-bond acceptors (Lipinski definition) is 7. The van der Waals surface area contributed by atoms with Crippen molar-refractivity contribution in [3.63, 3.8) is 0 Å². The van der Waals surface area contributed by atoms with E-state index in [1.54, 1.807) is 26.8 Å². The lowest BCUT2D eigenvalue weighted by molar-refractivity contribution is -0.144. The number of phenols is 1. The molecule has 1 rings (SSSR count). The molecule has 186 valence electrons. The maximum absolute atomic E-state index is 13.3. The number of amides is 3. The van der Waals surface area contributed by atoms with E-state index in [0.717, 1.165) is 11.3 Å². The molecule has 3 atom stereocenters. The molecule has 0 heterocycles. The van der Waals surface area contributed by atoms with Crippen LogP contribution >= 0.6 is 0 Å². The highest BCUT2D eigenvalue weighted by Gasteiger charge is 2.36. The van der Waals surface area contributed by atoms with Crippen molar-refractivity contribution < 1.29 is 34.4 Å². The van der Waals surface area contributed by atoms with Crippen LogP contribution in [0, 0.1) is 0 Å². The number of phenolic OH excluding ortho intramolecular Hbond substituents is 1. The quantitative estimate of drug-likeness (QED) is 0.331. The van der Waals surface area contributed by atoms with Gasteiger partial charge in [0.05, 0.1) is 13.2 Å². The number of nitrogens with zero attached hydrogens (tertiary/aromatic N) is 1. The van der Waals surface area contributed by atoms with Crippen LogP contribution in [0.1, 0.15) is 59.1 Å². The van der Waals surface area contributed by atoms with Crippen LogP contribution in [-0.4, -0.2) is 75.6 Å². The van der Waals surface area contributed by atoms with Crippen molar-refractivity contribution in [3.05, 3.63) is 29.8 Å². The summed E-state index contributed by atoms with van der Waals surface area (Å²) in [6.07, 6.45) is 0.643. The van der Waals surface area contributed by atoms with E-state index in [2.05, 4.69) is 10.6 Å². The summed E-state index contributed by atoms with van der Waals surface area (Å²) >= 11 is 0. The molecule has 0 fully saturated rings. The van der Waals surface area contributed by atoms with Gasteiger partial charge in [-0.05, 0) is 51.8 Å². The topological polar surface area (TPSA) is 148 Å². The zero-order valence-electron chi connectivity index (χ0n) is 20.0. The Hall–Kier alpha value is -2.85. The molecule has 0 saturated heterocycles. The Kier molecular flexibility index (Phi) is 11.1. The number of hydrogen-bond donors (Lipinski definition) is 5. The predicted molar refractivity (Wildman–Crippen MR) is 122 cm³/mol. The maximum atomic E-state index is 13.3. The second-order valence-electron chi connectivity index (χ2n) is 8.83. The van der Waals surface area contributed by atoms with Crippen molar-refractivity contribution in [1.29, 1.82) is 0 Å². The summed E-state index contributed by atoms with van der Waals surface area (Å²) in [4.78, 5) is 39.8. The molecule has 3 amide bonds. The molecule has 0 aliphatic rings. The molecular formula is C23H37N3O7. The van der Waals surface area contributed by atoms with Gasteiger partial charge < -0.3 is 35.6 Å². The van der Waals surface area contributed by atoms with Crippen molar-refractivity contribution >= 4 is 17.9 Å². The normalized spacial score (nSPS) is 14.0. The Morgan fingerprint density at radius 1 is 1.15 bits per heavy atom. The van der Waals surface area contributed by atoms with Crippen LogP contribution in [0.2, 0.25) is 0 Å². The van der Waals surface area contributed by atoms with Gasteiger partial charge in [-0.2, -0.15) is 0 Å². The number of aromatic hydroxyl groups is 1. The third-order valence-electron chi connectivity index (χ3n) is 4.65. The van der Waals surface area contributed by atoms with Gasteiger partial charge in [0.15, 0.2) is 0 Å². The molecule has 1 aromatic rings. The Morgan fingerprint density at radius 3 is 2.33 bits per heavy atom. The summed E-state index contributed by atoms with van der Waals surface area (Å²) in [5.74, 6) is -1.41. The number of benzene rings is 1. The van der Waals surface area contributed by atoms with Crippen LogP contribution in [0.25, 0.3) is 0 Å². The highest BCUT2D eigenvalue weighted by atomic mass is 16.6. The first-order chi connectivity index (χ1) is 15.4. The van der Waals surface area contributed by atoms with Crippen LogP contribution in [0.15, 0.2) is 24.3 Å². The molecule has 10 heteroatoms. The van der Waals surface area contributed by atoms with E-state index in [9.17, 15) is 29.7 Å². The van der Waals surface area contributed by atoms with Gasteiger partial charge in [0, 0.05) is 12.6 Å². The fourth-order valence-electron chi connectivity index (χ4n) is 3.30. The lowest BCUT2D eigenvalue weighted by Gasteiger charge is -2.34. The smallest absolute Gasteiger partial charge is 0.408 e. The SMILES string of the molecule is CCCC(C)NC(=O)C(c1cccc(O)c1)N(CCO)C(=O)C(CO)NC(=O)OC(C)(C)C. The lowest BCUT2D eigenvalue weighted by atomic mass is 10.0. The molecule has 0 aliphatic carbocycles. The zero-order valence-corrected chi connectivity index (χ0v) is 20.0. The molecule has 0 aromatic heterocycles. The number of rotatable bonds is 11. The lowest BCUT2D eigenvalue weighted by Crippen LogP contribution is -2.55. The van der Waals surface area contributed by atoms with E-state index in [4.69, 9.17) is 4.74 Å². The predicted octanol–water partition coefficient (Wildman–Crippen LogP) is 1.44. The van der Waals surface area contributed by atoms with E-state index in [1.807, 2.05) is 13.8 Å². The van der Waals surface area contributed by atoms with Gasteiger partial charge in [-0.15, -0.1) is 0 Å². The third-order valence-corrected chi connectivity index (χ3v) is 4.65. The highest BCUT2D eigenvalue weighted by molar-refractivity contribution is 5.92. The molecule has 5 N–H and O–H groups in total. The molecule has 0 aliphatic heterocycles. The second-order valence-corrected chi connectivity index (χ2v) is 8.83. The summed E-state index contributed by atoms with van der Waals surface area (Å²) in [6, 6.07) is 3.07. The molecule has 10 nitrogen and oxygen atoms in total. The summed E-state index contributed by atoms with van der Waals surface area (Å²) in [6.45, 7) is 7.30. The van der Waals surface area contributed by atoms with E-state index in [0.29, 0.717) is 12.0 Å². The minimum atomic E-state index is -1.41.